The highest BCUT2D eigenvalue weighted by Gasteiger charge is 2.28. The summed E-state index contributed by atoms with van der Waals surface area (Å²) >= 11 is 0. The van der Waals surface area contributed by atoms with Crippen LogP contribution in [0.2, 0.25) is 0 Å². The Kier molecular flexibility index (Phi) is 2.62. The second-order valence-electron chi connectivity index (χ2n) is 3.91. The Morgan fingerprint density at radius 2 is 2.27 bits per heavy atom. The maximum Gasteiger partial charge on any atom is 0.203 e. The van der Waals surface area contributed by atoms with E-state index in [2.05, 4.69) is 22.2 Å². The van der Waals surface area contributed by atoms with E-state index in [1.807, 2.05) is 0 Å². The van der Waals surface area contributed by atoms with E-state index >= 15 is 0 Å². The fourth-order valence-corrected chi connectivity index (χ4v) is 1.62. The van der Waals surface area contributed by atoms with Crippen molar-refractivity contribution in [3.63, 3.8) is 0 Å². The molecule has 1 aromatic heterocycles. The molecular formula is C10H16N4O. The van der Waals surface area contributed by atoms with Crippen molar-refractivity contribution < 1.29 is 4.74 Å². The van der Waals surface area contributed by atoms with Crippen LogP contribution in [0.15, 0.2) is 6.33 Å². The molecule has 0 bridgehead atoms. The third-order valence-corrected chi connectivity index (χ3v) is 2.73. The molecule has 1 heterocycles. The largest absolute Gasteiger partial charge is 0.490 e. The van der Waals surface area contributed by atoms with Crippen molar-refractivity contribution in [3.05, 3.63) is 6.33 Å². The van der Waals surface area contributed by atoms with Crippen LogP contribution >= 0.6 is 0 Å². The van der Waals surface area contributed by atoms with Gasteiger partial charge < -0.3 is 15.8 Å². The van der Waals surface area contributed by atoms with Gasteiger partial charge in [-0.25, -0.2) is 9.97 Å². The molecule has 1 aliphatic carbocycles. The Morgan fingerprint density at radius 1 is 1.53 bits per heavy atom. The minimum Gasteiger partial charge on any atom is -0.490 e. The van der Waals surface area contributed by atoms with Crippen LogP contribution < -0.4 is 15.8 Å². The Morgan fingerprint density at radius 3 is 2.87 bits per heavy atom. The molecule has 3 N–H and O–H groups in total. The molecule has 2 rings (SSSR count). The van der Waals surface area contributed by atoms with E-state index in [4.69, 9.17) is 10.5 Å². The molecule has 1 fully saturated rings. The number of hydrogen-bond acceptors (Lipinski definition) is 5. The Labute approximate surface area is 89.1 Å². The van der Waals surface area contributed by atoms with Crippen LogP contribution in [0, 0.1) is 5.92 Å². The molecule has 0 radical (unpaired) electrons. The normalized spacial score (nSPS) is 17.2. The first-order chi connectivity index (χ1) is 7.22. The van der Waals surface area contributed by atoms with Crippen molar-refractivity contribution in [2.45, 2.75) is 25.8 Å². The van der Waals surface area contributed by atoms with Gasteiger partial charge in [-0.05, 0) is 25.7 Å². The monoisotopic (exact) mass is 208 g/mol. The molecular weight excluding hydrogens is 192 g/mol. The minimum atomic E-state index is 0.373. The van der Waals surface area contributed by atoms with Crippen LogP contribution in [0.4, 0.5) is 11.6 Å². The van der Waals surface area contributed by atoms with Crippen LogP contribution in [-0.4, -0.2) is 23.1 Å². The van der Waals surface area contributed by atoms with Gasteiger partial charge >= 0.3 is 0 Å². The summed E-state index contributed by atoms with van der Waals surface area (Å²) in [5.74, 6) is 2.35. The number of nitrogens with one attached hydrogen (secondary N) is 1. The number of rotatable bonds is 4. The van der Waals surface area contributed by atoms with Crippen molar-refractivity contribution >= 4 is 11.6 Å². The predicted molar refractivity (Wildman–Crippen MR) is 58.8 cm³/mol. The van der Waals surface area contributed by atoms with E-state index in [-0.39, 0.29) is 0 Å². The lowest BCUT2D eigenvalue weighted by Crippen LogP contribution is -2.19. The summed E-state index contributed by atoms with van der Waals surface area (Å²) in [5.41, 5.74) is 5.68. The summed E-state index contributed by atoms with van der Waals surface area (Å²) in [6.45, 7) is 2.15. The fraction of sp³-hybridized carbons (Fsp3) is 0.600. The van der Waals surface area contributed by atoms with Crippen molar-refractivity contribution in [1.29, 1.82) is 0 Å². The average molecular weight is 208 g/mol. The van der Waals surface area contributed by atoms with Gasteiger partial charge in [0.1, 0.15) is 6.33 Å². The van der Waals surface area contributed by atoms with E-state index < -0.39 is 0 Å². The first-order valence-electron chi connectivity index (χ1n) is 5.13. The topological polar surface area (TPSA) is 73.1 Å². The van der Waals surface area contributed by atoms with Crippen molar-refractivity contribution in [1.82, 2.24) is 9.97 Å². The summed E-state index contributed by atoms with van der Waals surface area (Å²) in [6, 6.07) is 0.410. The number of nitrogen functional groups attached to an aromatic ring is 1. The maximum absolute atomic E-state index is 5.68. The summed E-state index contributed by atoms with van der Waals surface area (Å²) < 4.78 is 5.16. The van der Waals surface area contributed by atoms with Crippen LogP contribution in [0.25, 0.3) is 0 Å². The Bertz CT molecular complexity index is 351. The lowest BCUT2D eigenvalue weighted by atomic mass is 10.2. The smallest absolute Gasteiger partial charge is 0.203 e. The molecule has 0 spiro atoms. The lowest BCUT2D eigenvalue weighted by molar-refractivity contribution is 0.414. The quantitative estimate of drug-likeness (QED) is 0.779. The van der Waals surface area contributed by atoms with Gasteiger partial charge in [-0.15, -0.1) is 0 Å². The van der Waals surface area contributed by atoms with Crippen molar-refractivity contribution in [3.8, 4) is 5.75 Å². The molecule has 15 heavy (non-hydrogen) atoms. The molecule has 1 unspecified atom stereocenters. The Hall–Kier alpha value is -1.52. The number of nitrogens with zero attached hydrogens (tertiary/aromatic N) is 2. The SMILES string of the molecule is COc1c(N)ncnc1NC(C)C1CC1. The Balaban J connectivity index is 2.15. The number of hydrogen-bond donors (Lipinski definition) is 2. The zero-order valence-corrected chi connectivity index (χ0v) is 9.03. The third-order valence-electron chi connectivity index (χ3n) is 2.73. The van der Waals surface area contributed by atoms with Gasteiger partial charge in [0.25, 0.3) is 0 Å². The van der Waals surface area contributed by atoms with Gasteiger partial charge in [0.15, 0.2) is 11.6 Å². The number of anilines is 2. The molecule has 0 amide bonds. The molecule has 82 valence electrons. The van der Waals surface area contributed by atoms with E-state index in [0.717, 1.165) is 5.92 Å². The van der Waals surface area contributed by atoms with E-state index in [9.17, 15) is 0 Å². The molecule has 1 aliphatic rings. The number of methoxy groups -OCH3 is 1. The van der Waals surface area contributed by atoms with Crippen LogP contribution in [0.3, 0.4) is 0 Å². The fourth-order valence-electron chi connectivity index (χ4n) is 1.62. The zero-order chi connectivity index (χ0) is 10.8. The summed E-state index contributed by atoms with van der Waals surface area (Å²) in [6.07, 6.45) is 4.02. The first-order valence-corrected chi connectivity index (χ1v) is 5.13. The second-order valence-corrected chi connectivity index (χ2v) is 3.91. The highest BCUT2D eigenvalue weighted by molar-refractivity contribution is 5.61. The highest BCUT2D eigenvalue weighted by atomic mass is 16.5. The molecule has 0 saturated heterocycles. The molecule has 5 nitrogen and oxygen atoms in total. The van der Waals surface area contributed by atoms with Gasteiger partial charge in [-0.2, -0.15) is 0 Å². The zero-order valence-electron chi connectivity index (χ0n) is 9.03. The van der Waals surface area contributed by atoms with Gasteiger partial charge in [0, 0.05) is 6.04 Å². The molecule has 0 aromatic carbocycles. The molecule has 1 saturated carbocycles. The van der Waals surface area contributed by atoms with Crippen LogP contribution in [0.1, 0.15) is 19.8 Å². The van der Waals surface area contributed by atoms with E-state index in [1.165, 1.54) is 19.2 Å². The predicted octanol–water partition coefficient (Wildman–Crippen LogP) is 1.28. The van der Waals surface area contributed by atoms with Gasteiger partial charge in [-0.1, -0.05) is 0 Å². The summed E-state index contributed by atoms with van der Waals surface area (Å²) in [5, 5.41) is 3.31. The summed E-state index contributed by atoms with van der Waals surface area (Å²) in [4.78, 5) is 8.01. The molecule has 0 aliphatic heterocycles. The van der Waals surface area contributed by atoms with Gasteiger partial charge in [0.05, 0.1) is 7.11 Å². The van der Waals surface area contributed by atoms with Crippen LogP contribution in [0.5, 0.6) is 5.75 Å². The van der Waals surface area contributed by atoms with Crippen molar-refractivity contribution in [2.24, 2.45) is 5.92 Å². The molecule has 1 aromatic rings. The molecule has 5 heteroatoms. The van der Waals surface area contributed by atoms with Crippen molar-refractivity contribution in [2.75, 3.05) is 18.2 Å². The summed E-state index contributed by atoms with van der Waals surface area (Å²) in [7, 11) is 1.57. The van der Waals surface area contributed by atoms with Gasteiger partial charge in [0.2, 0.25) is 5.75 Å². The standard InChI is InChI=1S/C10H16N4O/c1-6(7-3-4-7)14-10-8(15-2)9(11)12-5-13-10/h5-7H,3-4H2,1-2H3,(H3,11,12,13,14). The number of ether oxygens (including phenoxy) is 1. The van der Waals surface area contributed by atoms with Crippen LogP contribution in [-0.2, 0) is 0 Å². The second kappa shape index (κ2) is 3.92. The lowest BCUT2D eigenvalue weighted by Gasteiger charge is -2.16. The third kappa shape index (κ3) is 2.11. The van der Waals surface area contributed by atoms with Gasteiger partial charge in [-0.3, -0.25) is 0 Å². The highest BCUT2D eigenvalue weighted by Crippen LogP contribution is 2.35. The minimum absolute atomic E-state index is 0.373. The maximum atomic E-state index is 5.68. The first kappa shape index (κ1) is 10.0. The van der Waals surface area contributed by atoms with E-state index in [1.54, 1.807) is 7.11 Å². The number of aromatic nitrogens is 2. The number of nitrogens with two attached hydrogens (primary N) is 1. The molecule has 1 atom stereocenters. The van der Waals surface area contributed by atoms with E-state index in [0.29, 0.717) is 23.4 Å². The average Bonchev–Trinajstić information content (AvgIpc) is 3.01.